The van der Waals surface area contributed by atoms with E-state index in [0.29, 0.717) is 0 Å². The van der Waals surface area contributed by atoms with E-state index in [1.807, 2.05) is 37.5 Å². The Labute approximate surface area is 162 Å². The smallest absolute Gasteiger partial charge is 0.128 e. The van der Waals surface area contributed by atoms with Gasteiger partial charge in [0.2, 0.25) is 0 Å². The molecule has 0 saturated carbocycles. The minimum atomic E-state index is 0.721. The van der Waals surface area contributed by atoms with Gasteiger partial charge in [0.1, 0.15) is 5.82 Å². The summed E-state index contributed by atoms with van der Waals surface area (Å²) in [4.78, 5) is 15.0. The number of benzene rings is 1. The molecule has 1 aliphatic rings. The van der Waals surface area contributed by atoms with E-state index < -0.39 is 0 Å². The summed E-state index contributed by atoms with van der Waals surface area (Å²) in [5.41, 5.74) is 5.23. The van der Waals surface area contributed by atoms with Crippen molar-refractivity contribution in [2.45, 2.75) is 6.92 Å². The number of anilines is 1. The number of piperazine rings is 1. The van der Waals surface area contributed by atoms with Gasteiger partial charge in [-0.15, -0.1) is 0 Å². The van der Waals surface area contributed by atoms with Gasteiger partial charge in [-0.1, -0.05) is 11.6 Å². The number of aromatic nitrogens is 3. The third-order valence-electron chi connectivity index (χ3n) is 5.28. The lowest BCUT2D eigenvalue weighted by molar-refractivity contribution is 0.585. The molecule has 0 radical (unpaired) electrons. The fourth-order valence-electron chi connectivity index (χ4n) is 3.88. The Hall–Kier alpha value is -2.63. The molecule has 0 bridgehead atoms. The fourth-order valence-corrected chi connectivity index (χ4v) is 4.10. The molecule has 4 heterocycles. The summed E-state index contributed by atoms with van der Waals surface area (Å²) in [6.45, 7) is 5.99. The molecule has 3 aromatic heterocycles. The van der Waals surface area contributed by atoms with Crippen LogP contribution < -0.4 is 10.2 Å². The van der Waals surface area contributed by atoms with Gasteiger partial charge < -0.3 is 15.2 Å². The van der Waals surface area contributed by atoms with Crippen molar-refractivity contribution in [2.75, 3.05) is 31.1 Å². The number of halogens is 1. The summed E-state index contributed by atoms with van der Waals surface area (Å²) >= 11 is 6.46. The van der Waals surface area contributed by atoms with Crippen molar-refractivity contribution in [3.63, 3.8) is 0 Å². The van der Waals surface area contributed by atoms with Crippen molar-refractivity contribution in [1.82, 2.24) is 20.3 Å². The molecule has 4 aromatic rings. The third kappa shape index (κ3) is 2.83. The van der Waals surface area contributed by atoms with Crippen LogP contribution in [0.2, 0.25) is 5.02 Å². The second-order valence-corrected chi connectivity index (χ2v) is 7.40. The predicted molar refractivity (Wildman–Crippen MR) is 112 cm³/mol. The van der Waals surface area contributed by atoms with Gasteiger partial charge in [0.15, 0.2) is 0 Å². The number of pyridine rings is 2. The normalized spacial score (nSPS) is 15.0. The molecule has 6 heteroatoms. The van der Waals surface area contributed by atoms with Gasteiger partial charge in [0, 0.05) is 65.5 Å². The van der Waals surface area contributed by atoms with Crippen molar-refractivity contribution >= 4 is 39.2 Å². The second-order valence-electron chi connectivity index (χ2n) is 6.96. The molecule has 1 fully saturated rings. The van der Waals surface area contributed by atoms with E-state index in [-0.39, 0.29) is 0 Å². The molecular weight excluding hydrogens is 358 g/mol. The molecule has 1 aliphatic heterocycles. The van der Waals surface area contributed by atoms with Gasteiger partial charge in [0.05, 0.1) is 16.7 Å². The van der Waals surface area contributed by atoms with Gasteiger partial charge in [-0.05, 0) is 37.3 Å². The summed E-state index contributed by atoms with van der Waals surface area (Å²) in [7, 11) is 0. The maximum Gasteiger partial charge on any atom is 0.128 e. The highest BCUT2D eigenvalue weighted by molar-refractivity contribution is 6.32. The first kappa shape index (κ1) is 16.5. The van der Waals surface area contributed by atoms with Crippen LogP contribution in [0.1, 0.15) is 5.69 Å². The molecule has 136 valence electrons. The highest BCUT2D eigenvalue weighted by Crippen LogP contribution is 2.36. The van der Waals surface area contributed by atoms with E-state index in [1.165, 1.54) is 0 Å². The first-order chi connectivity index (χ1) is 13.2. The summed E-state index contributed by atoms with van der Waals surface area (Å²) in [6.07, 6.45) is 3.79. The first-order valence-electron chi connectivity index (χ1n) is 9.19. The van der Waals surface area contributed by atoms with Crippen molar-refractivity contribution in [3.8, 4) is 11.1 Å². The Morgan fingerprint density at radius 2 is 1.85 bits per heavy atom. The Balaban J connectivity index is 1.64. The topological polar surface area (TPSA) is 56.8 Å². The number of rotatable bonds is 2. The van der Waals surface area contributed by atoms with E-state index in [2.05, 4.69) is 32.3 Å². The number of hydrogen-bond acceptors (Lipinski definition) is 4. The summed E-state index contributed by atoms with van der Waals surface area (Å²) in [6, 6.07) is 10.3. The monoisotopic (exact) mass is 377 g/mol. The number of fused-ring (bicyclic) bond motifs is 3. The standard InChI is InChI=1S/C21H20ClN5/c1-13-20-16(4-5-24-13)18-11-15(22)10-17(21(18)26-20)14-2-3-19(25-12-14)27-8-6-23-7-9-27/h2-5,10-12,23,26H,6-9H2,1H3. The zero-order valence-electron chi connectivity index (χ0n) is 15.1. The van der Waals surface area contributed by atoms with Gasteiger partial charge in [0.25, 0.3) is 0 Å². The molecule has 5 rings (SSSR count). The molecule has 0 amide bonds. The summed E-state index contributed by atoms with van der Waals surface area (Å²) in [5.74, 6) is 1.02. The maximum absolute atomic E-state index is 6.46. The van der Waals surface area contributed by atoms with E-state index in [9.17, 15) is 0 Å². The number of aryl methyl sites for hydroxylation is 1. The number of aromatic amines is 1. The van der Waals surface area contributed by atoms with Crippen LogP contribution in [0.15, 0.2) is 42.7 Å². The fraction of sp³-hybridized carbons (Fsp3) is 0.238. The quantitative estimate of drug-likeness (QED) is 0.551. The van der Waals surface area contributed by atoms with E-state index in [4.69, 9.17) is 16.6 Å². The van der Waals surface area contributed by atoms with E-state index in [0.717, 1.165) is 75.6 Å². The van der Waals surface area contributed by atoms with Crippen LogP contribution in [0.5, 0.6) is 0 Å². The van der Waals surface area contributed by atoms with Gasteiger partial charge in [-0.2, -0.15) is 0 Å². The van der Waals surface area contributed by atoms with Crippen LogP contribution in [0, 0.1) is 6.92 Å². The molecule has 0 spiro atoms. The van der Waals surface area contributed by atoms with Crippen molar-refractivity contribution < 1.29 is 0 Å². The summed E-state index contributed by atoms with van der Waals surface area (Å²) < 4.78 is 0. The molecule has 5 nitrogen and oxygen atoms in total. The van der Waals surface area contributed by atoms with Crippen LogP contribution in [0.4, 0.5) is 5.82 Å². The number of H-pyrrole nitrogens is 1. The van der Waals surface area contributed by atoms with Crippen LogP contribution in [0.3, 0.4) is 0 Å². The lowest BCUT2D eigenvalue weighted by atomic mass is 10.0. The molecule has 27 heavy (non-hydrogen) atoms. The average Bonchev–Trinajstić information content (AvgIpc) is 3.08. The Bertz CT molecular complexity index is 1130. The van der Waals surface area contributed by atoms with Crippen LogP contribution in [-0.4, -0.2) is 41.1 Å². The second kappa shape index (κ2) is 6.51. The largest absolute Gasteiger partial charge is 0.354 e. The molecular formula is C21H20ClN5. The third-order valence-corrected chi connectivity index (χ3v) is 5.50. The Morgan fingerprint density at radius 3 is 2.63 bits per heavy atom. The van der Waals surface area contributed by atoms with Gasteiger partial charge in [-0.25, -0.2) is 4.98 Å². The van der Waals surface area contributed by atoms with Gasteiger partial charge in [-0.3, -0.25) is 4.98 Å². The number of hydrogen-bond donors (Lipinski definition) is 2. The lowest BCUT2D eigenvalue weighted by Gasteiger charge is -2.28. The zero-order valence-corrected chi connectivity index (χ0v) is 15.8. The number of nitrogens with zero attached hydrogens (tertiary/aromatic N) is 3. The van der Waals surface area contributed by atoms with Crippen molar-refractivity contribution in [3.05, 3.63) is 53.4 Å². The van der Waals surface area contributed by atoms with Crippen LogP contribution in [0.25, 0.3) is 32.9 Å². The molecule has 0 aliphatic carbocycles. The van der Waals surface area contributed by atoms with E-state index in [1.54, 1.807) is 0 Å². The highest BCUT2D eigenvalue weighted by Gasteiger charge is 2.15. The SMILES string of the molecule is Cc1nccc2c1[nH]c1c(-c3ccc(N4CCNCC4)nc3)cc(Cl)cc12. The minimum absolute atomic E-state index is 0.721. The number of nitrogens with one attached hydrogen (secondary N) is 2. The van der Waals surface area contributed by atoms with E-state index >= 15 is 0 Å². The predicted octanol–water partition coefficient (Wildman–Crippen LogP) is 4.15. The summed E-state index contributed by atoms with van der Waals surface area (Å²) in [5, 5.41) is 6.35. The molecule has 1 aromatic carbocycles. The maximum atomic E-state index is 6.46. The molecule has 2 N–H and O–H groups in total. The molecule has 0 atom stereocenters. The molecule has 0 unspecified atom stereocenters. The zero-order chi connectivity index (χ0) is 18.4. The van der Waals surface area contributed by atoms with Crippen molar-refractivity contribution in [2.24, 2.45) is 0 Å². The Kier molecular flexibility index (Phi) is 3.99. The van der Waals surface area contributed by atoms with Crippen LogP contribution >= 0.6 is 11.6 Å². The Morgan fingerprint density at radius 1 is 1.00 bits per heavy atom. The first-order valence-corrected chi connectivity index (χ1v) is 9.57. The van der Waals surface area contributed by atoms with Gasteiger partial charge >= 0.3 is 0 Å². The highest BCUT2D eigenvalue weighted by atomic mass is 35.5. The lowest BCUT2D eigenvalue weighted by Crippen LogP contribution is -2.43. The van der Waals surface area contributed by atoms with Crippen molar-refractivity contribution in [1.29, 1.82) is 0 Å². The van der Waals surface area contributed by atoms with Crippen LogP contribution in [-0.2, 0) is 0 Å². The molecule has 1 saturated heterocycles. The average molecular weight is 378 g/mol. The minimum Gasteiger partial charge on any atom is -0.354 e.